The van der Waals surface area contributed by atoms with Crippen LogP contribution in [0.3, 0.4) is 0 Å². The van der Waals surface area contributed by atoms with Crippen molar-refractivity contribution in [3.05, 3.63) is 23.9 Å². The fraction of sp³-hybridized carbons (Fsp3) is 0.250. The van der Waals surface area contributed by atoms with Crippen LogP contribution in [0.4, 0.5) is 0 Å². The molecule has 1 heterocycles. The zero-order valence-electron chi connectivity index (χ0n) is 7.44. The maximum absolute atomic E-state index is 11.0. The molecule has 0 spiro atoms. The number of hydrazone groups is 1. The van der Waals surface area contributed by atoms with Gasteiger partial charge in [0.25, 0.3) is 0 Å². The number of nitrogens with zero attached hydrogens (tertiary/aromatic N) is 1. The Bertz CT molecular complexity index is 372. The average molecular weight is 195 g/mol. The smallest absolute Gasteiger partial charge is 0.344 e. The Labute approximate surface area is 79.9 Å². The van der Waals surface area contributed by atoms with Gasteiger partial charge < -0.3 is 9.84 Å². The summed E-state index contributed by atoms with van der Waals surface area (Å²) >= 11 is 0. The molecule has 2 rings (SSSR count). The number of hydrazine groups is 1. The zero-order chi connectivity index (χ0) is 10.2. The second kappa shape index (κ2) is 2.85. The molecule has 1 unspecified atom stereocenters. The van der Waals surface area contributed by atoms with Gasteiger partial charge in [-0.2, -0.15) is 5.10 Å². The lowest BCUT2D eigenvalue weighted by molar-refractivity contribution is -0.151. The van der Waals surface area contributed by atoms with Crippen LogP contribution in [0.1, 0.15) is 0 Å². The van der Waals surface area contributed by atoms with Gasteiger partial charge in [0.2, 0.25) is 5.60 Å². The predicted molar refractivity (Wildman–Crippen MR) is 48.3 cm³/mol. The quantitative estimate of drug-likeness (QED) is 0.546. The fourth-order valence-corrected chi connectivity index (χ4v) is 1.32. The molecule has 0 fully saturated rings. The number of aliphatic carboxylic acids is 1. The molecule has 2 aliphatic rings. The molecule has 0 saturated heterocycles. The van der Waals surface area contributed by atoms with Gasteiger partial charge in [-0.1, -0.05) is 0 Å². The molecule has 0 aromatic carbocycles. The minimum absolute atomic E-state index is 0.608. The Hall–Kier alpha value is -1.82. The number of carboxylic acids is 1. The first kappa shape index (κ1) is 8.76. The second-order valence-corrected chi connectivity index (χ2v) is 2.93. The number of carboxylic acid groups (broad SMARTS) is 1. The van der Waals surface area contributed by atoms with Gasteiger partial charge in [-0.05, 0) is 18.2 Å². The van der Waals surface area contributed by atoms with Gasteiger partial charge in [0, 0.05) is 7.11 Å². The molecule has 14 heavy (non-hydrogen) atoms. The molecule has 0 aromatic rings. The highest BCUT2D eigenvalue weighted by Crippen LogP contribution is 2.22. The monoisotopic (exact) mass is 195 g/mol. The molecule has 0 amide bonds. The molecule has 1 atom stereocenters. The molecule has 0 bridgehead atoms. The Morgan fingerprint density at radius 2 is 2.50 bits per heavy atom. The summed E-state index contributed by atoms with van der Waals surface area (Å²) in [6.45, 7) is 0. The number of carbonyl (C=O) groups is 1. The van der Waals surface area contributed by atoms with E-state index in [2.05, 4.69) is 16.1 Å². The number of rotatable bonds is 2. The van der Waals surface area contributed by atoms with Crippen LogP contribution in [0.2, 0.25) is 0 Å². The van der Waals surface area contributed by atoms with E-state index < -0.39 is 11.6 Å². The number of ether oxygens (including phenoxy) is 1. The molecule has 0 aromatic heterocycles. The van der Waals surface area contributed by atoms with E-state index in [0.29, 0.717) is 11.4 Å². The lowest BCUT2D eigenvalue weighted by Gasteiger charge is -2.23. The second-order valence-electron chi connectivity index (χ2n) is 2.93. The van der Waals surface area contributed by atoms with Crippen LogP contribution in [-0.4, -0.2) is 29.5 Å². The third-order valence-electron chi connectivity index (χ3n) is 2.16. The third kappa shape index (κ3) is 1.08. The first-order valence-electron chi connectivity index (χ1n) is 3.98. The van der Waals surface area contributed by atoms with E-state index in [9.17, 15) is 4.79 Å². The first-order chi connectivity index (χ1) is 6.68. The van der Waals surface area contributed by atoms with Gasteiger partial charge in [-0.15, -0.1) is 0 Å². The molecule has 6 heteroatoms. The molecular formula is C8H9N3O3. The molecule has 1 aliphatic carbocycles. The summed E-state index contributed by atoms with van der Waals surface area (Å²) in [4.78, 5) is 11.0. The van der Waals surface area contributed by atoms with Crippen molar-refractivity contribution in [3.8, 4) is 0 Å². The van der Waals surface area contributed by atoms with Crippen LogP contribution in [0.5, 0.6) is 0 Å². The third-order valence-corrected chi connectivity index (χ3v) is 2.16. The summed E-state index contributed by atoms with van der Waals surface area (Å²) in [5.41, 5.74) is 5.13. The molecule has 3 N–H and O–H groups in total. The van der Waals surface area contributed by atoms with Crippen LogP contribution in [0.25, 0.3) is 0 Å². The fourth-order valence-electron chi connectivity index (χ4n) is 1.32. The summed E-state index contributed by atoms with van der Waals surface area (Å²) in [6, 6.07) is 0. The summed E-state index contributed by atoms with van der Waals surface area (Å²) in [6.07, 6.45) is 4.51. The molecular weight excluding hydrogens is 186 g/mol. The van der Waals surface area contributed by atoms with Crippen molar-refractivity contribution in [3.63, 3.8) is 0 Å². The van der Waals surface area contributed by atoms with Gasteiger partial charge in [0.05, 0.1) is 5.70 Å². The standard InChI is InChI=1S/C8H9N3O3/c1-14-8(7(12)13)3-2-5-6(4-8)10-11-9-5/h2-4,10-11H,1H3,(H,12,13). The van der Waals surface area contributed by atoms with Gasteiger partial charge in [-0.25, -0.2) is 10.3 Å². The Morgan fingerprint density at radius 3 is 3.14 bits per heavy atom. The topological polar surface area (TPSA) is 83.0 Å². The van der Waals surface area contributed by atoms with Crippen LogP contribution in [0.15, 0.2) is 29.0 Å². The minimum atomic E-state index is -1.40. The molecule has 0 saturated carbocycles. The van der Waals surface area contributed by atoms with Crippen molar-refractivity contribution < 1.29 is 14.6 Å². The van der Waals surface area contributed by atoms with Crippen molar-refractivity contribution in [2.45, 2.75) is 5.60 Å². The van der Waals surface area contributed by atoms with E-state index in [-0.39, 0.29) is 0 Å². The van der Waals surface area contributed by atoms with Gasteiger partial charge in [0.15, 0.2) is 0 Å². The highest BCUT2D eigenvalue weighted by atomic mass is 16.5. The van der Waals surface area contributed by atoms with Gasteiger partial charge in [-0.3, -0.25) is 5.43 Å². The van der Waals surface area contributed by atoms with E-state index in [1.807, 2.05) is 0 Å². The SMILES string of the molecule is COC1(C(=O)O)C=CC2=NNNC2=C1. The lowest BCUT2D eigenvalue weighted by atomic mass is 9.95. The molecule has 6 nitrogen and oxygen atoms in total. The Morgan fingerprint density at radius 1 is 1.71 bits per heavy atom. The number of allylic oxidation sites excluding steroid dienone is 1. The summed E-state index contributed by atoms with van der Waals surface area (Å²) < 4.78 is 4.96. The summed E-state index contributed by atoms with van der Waals surface area (Å²) in [5.74, 6) is -1.06. The van der Waals surface area contributed by atoms with Crippen molar-refractivity contribution in [2.24, 2.45) is 5.10 Å². The normalized spacial score (nSPS) is 28.4. The van der Waals surface area contributed by atoms with Gasteiger partial charge in [0.1, 0.15) is 5.71 Å². The van der Waals surface area contributed by atoms with Crippen LogP contribution >= 0.6 is 0 Å². The van der Waals surface area contributed by atoms with E-state index in [1.54, 1.807) is 6.08 Å². The Balaban J connectivity index is 2.41. The predicted octanol–water partition coefficient (Wildman–Crippen LogP) is -0.626. The molecule has 74 valence electrons. The highest BCUT2D eigenvalue weighted by molar-refractivity contribution is 6.11. The van der Waals surface area contributed by atoms with Crippen molar-refractivity contribution in [1.29, 1.82) is 0 Å². The maximum atomic E-state index is 11.0. The van der Waals surface area contributed by atoms with Gasteiger partial charge >= 0.3 is 5.97 Å². The molecule has 1 aliphatic heterocycles. The largest absolute Gasteiger partial charge is 0.479 e. The summed E-state index contributed by atoms with van der Waals surface area (Å²) in [7, 11) is 1.35. The number of hydrogen-bond acceptors (Lipinski definition) is 5. The van der Waals surface area contributed by atoms with E-state index in [1.165, 1.54) is 19.3 Å². The van der Waals surface area contributed by atoms with E-state index >= 15 is 0 Å². The first-order valence-corrected chi connectivity index (χ1v) is 3.98. The average Bonchev–Trinajstić information content (AvgIpc) is 2.63. The minimum Gasteiger partial charge on any atom is -0.479 e. The number of nitrogens with one attached hydrogen (secondary N) is 2. The van der Waals surface area contributed by atoms with Crippen LogP contribution < -0.4 is 11.0 Å². The van der Waals surface area contributed by atoms with E-state index in [4.69, 9.17) is 9.84 Å². The van der Waals surface area contributed by atoms with Crippen LogP contribution in [0, 0.1) is 0 Å². The van der Waals surface area contributed by atoms with Crippen molar-refractivity contribution in [1.82, 2.24) is 11.0 Å². The number of fused-ring (bicyclic) bond motifs is 1. The lowest BCUT2D eigenvalue weighted by Crippen LogP contribution is -2.40. The van der Waals surface area contributed by atoms with E-state index in [0.717, 1.165) is 0 Å². The summed E-state index contributed by atoms with van der Waals surface area (Å²) in [5, 5.41) is 12.9. The zero-order valence-corrected chi connectivity index (χ0v) is 7.44. The number of hydrogen-bond donors (Lipinski definition) is 3. The maximum Gasteiger partial charge on any atom is 0.344 e. The highest BCUT2D eigenvalue weighted by Gasteiger charge is 2.38. The van der Waals surface area contributed by atoms with Crippen molar-refractivity contribution in [2.75, 3.05) is 7.11 Å². The molecule has 0 radical (unpaired) electrons. The van der Waals surface area contributed by atoms with Crippen LogP contribution in [-0.2, 0) is 9.53 Å². The van der Waals surface area contributed by atoms with Crippen molar-refractivity contribution >= 4 is 11.7 Å². The number of methoxy groups -OCH3 is 1. The Kier molecular flexibility index (Phi) is 1.78.